The van der Waals surface area contributed by atoms with Gasteiger partial charge in [-0.05, 0) is 17.7 Å². The smallest absolute Gasteiger partial charge is 0.337 e. The zero-order chi connectivity index (χ0) is 15.2. The molecule has 0 saturated heterocycles. The molecule has 1 aromatic carbocycles. The second-order valence-electron chi connectivity index (χ2n) is 4.16. The first-order valence-corrected chi connectivity index (χ1v) is 7.91. The van der Waals surface area contributed by atoms with Gasteiger partial charge in [0.05, 0.1) is 24.8 Å². The third-order valence-corrected chi connectivity index (χ3v) is 4.71. The van der Waals surface area contributed by atoms with Crippen LogP contribution in [0, 0.1) is 0 Å². The number of carbonyl (C=O) groups excluding carboxylic acids is 1. The van der Waals surface area contributed by atoms with Crippen LogP contribution >= 0.6 is 23.1 Å². The van der Waals surface area contributed by atoms with Crippen molar-refractivity contribution < 1.29 is 19.4 Å². The number of thiazole rings is 1. The molecule has 0 aliphatic rings. The minimum Gasteiger partial charge on any atom is -0.481 e. The summed E-state index contributed by atoms with van der Waals surface area (Å²) in [6, 6.07) is 7.21. The van der Waals surface area contributed by atoms with E-state index in [-0.39, 0.29) is 12.4 Å². The number of methoxy groups -OCH3 is 1. The Morgan fingerprint density at radius 2 is 2.24 bits per heavy atom. The molecule has 5 nitrogen and oxygen atoms in total. The molecule has 0 unspecified atom stereocenters. The number of esters is 1. The first-order valence-electron chi connectivity index (χ1n) is 6.04. The zero-order valence-corrected chi connectivity index (χ0v) is 12.9. The number of carboxylic acid groups (broad SMARTS) is 1. The van der Waals surface area contributed by atoms with Gasteiger partial charge in [-0.25, -0.2) is 9.78 Å². The third kappa shape index (κ3) is 4.57. The molecule has 110 valence electrons. The number of aromatic nitrogens is 1. The van der Waals surface area contributed by atoms with E-state index in [9.17, 15) is 9.59 Å². The Labute approximate surface area is 130 Å². The van der Waals surface area contributed by atoms with Crippen LogP contribution in [0.15, 0.2) is 34.0 Å². The predicted molar refractivity (Wildman–Crippen MR) is 80.8 cm³/mol. The van der Waals surface area contributed by atoms with Gasteiger partial charge in [-0.1, -0.05) is 23.9 Å². The van der Waals surface area contributed by atoms with Crippen molar-refractivity contribution in [3.05, 3.63) is 46.5 Å². The van der Waals surface area contributed by atoms with E-state index in [0.717, 1.165) is 9.90 Å². The number of benzene rings is 1. The van der Waals surface area contributed by atoms with Crippen molar-refractivity contribution in [2.24, 2.45) is 0 Å². The van der Waals surface area contributed by atoms with Crippen LogP contribution in [0.4, 0.5) is 0 Å². The van der Waals surface area contributed by atoms with E-state index in [4.69, 9.17) is 5.11 Å². The average Bonchev–Trinajstić information content (AvgIpc) is 2.91. The van der Waals surface area contributed by atoms with Gasteiger partial charge in [0.2, 0.25) is 0 Å². The lowest BCUT2D eigenvalue weighted by Crippen LogP contribution is -2.01. The number of hydrogen-bond donors (Lipinski definition) is 1. The minimum absolute atomic E-state index is 0.0606. The monoisotopic (exact) mass is 323 g/mol. The molecule has 0 bridgehead atoms. The minimum atomic E-state index is -0.886. The van der Waals surface area contributed by atoms with Crippen molar-refractivity contribution >= 4 is 35.0 Å². The van der Waals surface area contributed by atoms with Crippen molar-refractivity contribution in [1.82, 2.24) is 4.98 Å². The van der Waals surface area contributed by atoms with Crippen LogP contribution in [0.3, 0.4) is 0 Å². The van der Waals surface area contributed by atoms with Gasteiger partial charge in [-0.2, -0.15) is 0 Å². The predicted octanol–water partition coefficient (Wildman–Crippen LogP) is 2.85. The van der Waals surface area contributed by atoms with Gasteiger partial charge in [0.25, 0.3) is 0 Å². The highest BCUT2D eigenvalue weighted by atomic mass is 32.2. The normalized spacial score (nSPS) is 10.3. The number of aliphatic carboxylic acids is 1. The van der Waals surface area contributed by atoms with Crippen molar-refractivity contribution in [3.63, 3.8) is 0 Å². The fraction of sp³-hybridized carbons (Fsp3) is 0.214. The third-order valence-electron chi connectivity index (χ3n) is 2.57. The molecule has 0 aliphatic carbocycles. The summed E-state index contributed by atoms with van der Waals surface area (Å²) in [5, 5.41) is 10.5. The van der Waals surface area contributed by atoms with E-state index in [1.54, 1.807) is 23.6 Å². The van der Waals surface area contributed by atoms with Crippen LogP contribution in [0.1, 0.15) is 21.6 Å². The van der Waals surface area contributed by atoms with E-state index in [0.29, 0.717) is 17.0 Å². The number of carboxylic acids is 1. The maximum Gasteiger partial charge on any atom is 0.337 e. The molecule has 0 spiro atoms. The molecule has 0 radical (unpaired) electrons. The van der Waals surface area contributed by atoms with Gasteiger partial charge < -0.3 is 9.84 Å². The van der Waals surface area contributed by atoms with Crippen LogP contribution in [0.2, 0.25) is 0 Å². The van der Waals surface area contributed by atoms with E-state index in [1.807, 2.05) is 6.07 Å². The summed E-state index contributed by atoms with van der Waals surface area (Å²) in [5.41, 5.74) is 2.07. The van der Waals surface area contributed by atoms with Crippen LogP contribution in [-0.4, -0.2) is 29.1 Å². The Morgan fingerprint density at radius 3 is 2.95 bits per heavy atom. The summed E-state index contributed by atoms with van der Waals surface area (Å²) < 4.78 is 5.50. The molecule has 0 atom stereocenters. The van der Waals surface area contributed by atoms with Crippen molar-refractivity contribution in [2.75, 3.05) is 7.11 Å². The van der Waals surface area contributed by atoms with Gasteiger partial charge in [0.15, 0.2) is 0 Å². The Bertz CT molecular complexity index is 654. The molecule has 0 fully saturated rings. The maximum absolute atomic E-state index is 11.5. The van der Waals surface area contributed by atoms with E-state index in [2.05, 4.69) is 9.72 Å². The fourth-order valence-electron chi connectivity index (χ4n) is 1.64. The summed E-state index contributed by atoms with van der Waals surface area (Å²) in [7, 11) is 1.35. The second kappa shape index (κ2) is 7.24. The van der Waals surface area contributed by atoms with E-state index < -0.39 is 5.97 Å². The van der Waals surface area contributed by atoms with Crippen molar-refractivity contribution in [1.29, 1.82) is 0 Å². The molecule has 2 rings (SSSR count). The highest BCUT2D eigenvalue weighted by molar-refractivity contribution is 8.00. The Hall–Kier alpha value is -1.86. The number of thioether (sulfide) groups is 1. The number of rotatable bonds is 6. The van der Waals surface area contributed by atoms with E-state index in [1.165, 1.54) is 30.2 Å². The summed E-state index contributed by atoms with van der Waals surface area (Å²) in [6.07, 6.45) is -0.0606. The zero-order valence-electron chi connectivity index (χ0n) is 11.2. The lowest BCUT2D eigenvalue weighted by atomic mass is 10.1. The Kier molecular flexibility index (Phi) is 5.35. The van der Waals surface area contributed by atoms with Gasteiger partial charge >= 0.3 is 11.9 Å². The molecule has 0 amide bonds. The topological polar surface area (TPSA) is 76.5 Å². The summed E-state index contributed by atoms with van der Waals surface area (Å²) in [4.78, 5) is 26.3. The molecular formula is C14H13NO4S2. The number of hydrogen-bond acceptors (Lipinski definition) is 6. The molecule has 1 heterocycles. The molecule has 7 heteroatoms. The van der Waals surface area contributed by atoms with Gasteiger partial charge in [-0.3, -0.25) is 4.79 Å². The lowest BCUT2D eigenvalue weighted by Gasteiger charge is -2.02. The first kappa shape index (κ1) is 15.5. The van der Waals surface area contributed by atoms with Crippen LogP contribution < -0.4 is 0 Å². The molecule has 1 aromatic heterocycles. The standard InChI is InChI=1S/C14H13NO4S2/c1-19-13(18)10-4-2-3-9(5-10)7-20-14-15-11(8-21-14)6-12(16)17/h2-5,8H,6-7H2,1H3,(H,16,17). The molecule has 21 heavy (non-hydrogen) atoms. The lowest BCUT2D eigenvalue weighted by molar-refractivity contribution is -0.136. The van der Waals surface area contributed by atoms with Crippen LogP contribution in [-0.2, 0) is 21.7 Å². The highest BCUT2D eigenvalue weighted by Gasteiger charge is 2.08. The van der Waals surface area contributed by atoms with E-state index >= 15 is 0 Å². The molecular weight excluding hydrogens is 310 g/mol. The Morgan fingerprint density at radius 1 is 1.43 bits per heavy atom. The van der Waals surface area contributed by atoms with Crippen molar-refractivity contribution in [2.45, 2.75) is 16.5 Å². The van der Waals surface area contributed by atoms with Crippen molar-refractivity contribution in [3.8, 4) is 0 Å². The second-order valence-corrected chi connectivity index (χ2v) is 6.24. The number of carbonyl (C=O) groups is 2. The van der Waals surface area contributed by atoms with Gasteiger partial charge in [-0.15, -0.1) is 11.3 Å². The SMILES string of the molecule is COC(=O)c1cccc(CSc2nc(CC(=O)O)cs2)c1. The number of nitrogens with zero attached hydrogens (tertiary/aromatic N) is 1. The average molecular weight is 323 g/mol. The first-order chi connectivity index (χ1) is 10.1. The van der Waals surface area contributed by atoms with Gasteiger partial charge in [0.1, 0.15) is 4.34 Å². The molecule has 0 saturated carbocycles. The van der Waals surface area contributed by atoms with Crippen LogP contribution in [0.5, 0.6) is 0 Å². The summed E-state index contributed by atoms with van der Waals surface area (Å²) in [5.74, 6) is -0.590. The van der Waals surface area contributed by atoms with Crippen LogP contribution in [0.25, 0.3) is 0 Å². The molecule has 1 N–H and O–H groups in total. The summed E-state index contributed by atoms with van der Waals surface area (Å²) >= 11 is 2.93. The van der Waals surface area contributed by atoms with Gasteiger partial charge in [0, 0.05) is 11.1 Å². The largest absolute Gasteiger partial charge is 0.481 e. The fourth-order valence-corrected chi connectivity index (χ4v) is 3.43. The quantitative estimate of drug-likeness (QED) is 0.651. The summed E-state index contributed by atoms with van der Waals surface area (Å²) in [6.45, 7) is 0. The molecule has 0 aliphatic heterocycles. The molecule has 2 aromatic rings. The Balaban J connectivity index is 1.98. The highest BCUT2D eigenvalue weighted by Crippen LogP contribution is 2.26. The number of ether oxygens (including phenoxy) is 1. The maximum atomic E-state index is 11.5.